The molecule has 6 heteroatoms. The lowest BCUT2D eigenvalue weighted by Gasteiger charge is -2.30. The van der Waals surface area contributed by atoms with E-state index in [-0.39, 0.29) is 17.9 Å². The lowest BCUT2D eigenvalue weighted by molar-refractivity contribution is -0.132. The van der Waals surface area contributed by atoms with Crippen molar-refractivity contribution in [2.45, 2.75) is 18.9 Å². The monoisotopic (exact) mass is 262 g/mol. The van der Waals surface area contributed by atoms with E-state index in [1.54, 1.807) is 37.3 Å². The fraction of sp³-hybridized carbons (Fsp3) is 0.462. The number of pyridine rings is 1. The summed E-state index contributed by atoms with van der Waals surface area (Å²) in [5, 5.41) is 5.84. The Kier molecular flexibility index (Phi) is 3.99. The standard InChI is InChI=1S/C13H18N4O2/c1-14-12-10(4-3-7-15-12)13(19)16-9-5-6-11(18)17(2)8-9/h3-4,7,9H,5-6,8H2,1-2H3,(H,14,15)(H,16,19). The van der Waals surface area contributed by atoms with E-state index >= 15 is 0 Å². The third-order valence-electron chi connectivity index (χ3n) is 3.25. The number of hydrogen-bond acceptors (Lipinski definition) is 4. The van der Waals surface area contributed by atoms with Gasteiger partial charge in [0.1, 0.15) is 5.82 Å². The first-order chi connectivity index (χ1) is 9.11. The summed E-state index contributed by atoms with van der Waals surface area (Å²) in [6.45, 7) is 0.555. The Labute approximate surface area is 112 Å². The van der Waals surface area contributed by atoms with E-state index in [1.165, 1.54) is 0 Å². The van der Waals surface area contributed by atoms with E-state index in [1.807, 2.05) is 0 Å². The number of anilines is 1. The third kappa shape index (κ3) is 3.01. The SMILES string of the molecule is CNc1ncccc1C(=O)NC1CCC(=O)N(C)C1. The highest BCUT2D eigenvalue weighted by Gasteiger charge is 2.25. The molecule has 1 saturated heterocycles. The van der Waals surface area contributed by atoms with Crippen molar-refractivity contribution in [1.82, 2.24) is 15.2 Å². The van der Waals surface area contributed by atoms with E-state index in [0.717, 1.165) is 0 Å². The average Bonchev–Trinajstić information content (AvgIpc) is 2.43. The molecular formula is C13H18N4O2. The number of carbonyl (C=O) groups excluding carboxylic acids is 2. The number of aromatic nitrogens is 1. The summed E-state index contributed by atoms with van der Waals surface area (Å²) in [4.78, 5) is 29.3. The average molecular weight is 262 g/mol. The Morgan fingerprint density at radius 1 is 1.53 bits per heavy atom. The van der Waals surface area contributed by atoms with Crippen molar-refractivity contribution in [2.75, 3.05) is 26.0 Å². The molecule has 2 heterocycles. The summed E-state index contributed by atoms with van der Waals surface area (Å²) >= 11 is 0. The Bertz CT molecular complexity index is 489. The highest BCUT2D eigenvalue weighted by Crippen LogP contribution is 2.13. The largest absolute Gasteiger partial charge is 0.372 e. The quantitative estimate of drug-likeness (QED) is 0.830. The number of nitrogens with zero attached hydrogens (tertiary/aromatic N) is 2. The van der Waals surface area contributed by atoms with Crippen LogP contribution in [0.1, 0.15) is 23.2 Å². The molecule has 102 valence electrons. The highest BCUT2D eigenvalue weighted by molar-refractivity contribution is 5.98. The van der Waals surface area contributed by atoms with Crippen molar-refractivity contribution < 1.29 is 9.59 Å². The van der Waals surface area contributed by atoms with Crippen molar-refractivity contribution in [2.24, 2.45) is 0 Å². The maximum Gasteiger partial charge on any atom is 0.255 e. The van der Waals surface area contributed by atoms with E-state index in [2.05, 4.69) is 15.6 Å². The summed E-state index contributed by atoms with van der Waals surface area (Å²) in [5.74, 6) is 0.522. The van der Waals surface area contributed by atoms with Crippen molar-refractivity contribution in [3.63, 3.8) is 0 Å². The maximum absolute atomic E-state index is 12.2. The molecule has 19 heavy (non-hydrogen) atoms. The van der Waals surface area contributed by atoms with Gasteiger partial charge >= 0.3 is 0 Å². The summed E-state index contributed by atoms with van der Waals surface area (Å²) in [5.41, 5.74) is 0.518. The van der Waals surface area contributed by atoms with Gasteiger partial charge in [-0.2, -0.15) is 0 Å². The van der Waals surface area contributed by atoms with Gasteiger partial charge in [0.05, 0.1) is 5.56 Å². The van der Waals surface area contributed by atoms with Crippen LogP contribution in [0.15, 0.2) is 18.3 Å². The zero-order chi connectivity index (χ0) is 13.8. The smallest absolute Gasteiger partial charge is 0.255 e. The molecule has 2 rings (SSSR count). The summed E-state index contributed by atoms with van der Waals surface area (Å²) in [7, 11) is 3.48. The summed E-state index contributed by atoms with van der Waals surface area (Å²) in [6, 6.07) is 3.46. The molecule has 2 amide bonds. The topological polar surface area (TPSA) is 74.3 Å². The fourth-order valence-electron chi connectivity index (χ4n) is 2.18. The number of piperidine rings is 1. The first kappa shape index (κ1) is 13.3. The minimum absolute atomic E-state index is 0.000104. The molecule has 0 saturated carbocycles. The van der Waals surface area contributed by atoms with Crippen LogP contribution in [-0.4, -0.2) is 48.4 Å². The van der Waals surface area contributed by atoms with Gasteiger partial charge in [-0.05, 0) is 18.6 Å². The van der Waals surface area contributed by atoms with Crippen LogP contribution in [0.3, 0.4) is 0 Å². The van der Waals surface area contributed by atoms with E-state index in [4.69, 9.17) is 0 Å². The first-order valence-electron chi connectivity index (χ1n) is 6.29. The number of hydrogen-bond donors (Lipinski definition) is 2. The number of rotatable bonds is 3. The maximum atomic E-state index is 12.2. The predicted molar refractivity (Wildman–Crippen MR) is 71.9 cm³/mol. The van der Waals surface area contributed by atoms with Crippen LogP contribution in [0, 0.1) is 0 Å². The van der Waals surface area contributed by atoms with E-state index < -0.39 is 0 Å². The Hall–Kier alpha value is -2.11. The van der Waals surface area contributed by atoms with Crippen LogP contribution in [0.25, 0.3) is 0 Å². The third-order valence-corrected chi connectivity index (χ3v) is 3.25. The normalized spacial score (nSPS) is 19.2. The first-order valence-corrected chi connectivity index (χ1v) is 6.29. The number of nitrogens with one attached hydrogen (secondary N) is 2. The molecule has 1 aliphatic heterocycles. The Morgan fingerprint density at radius 3 is 3.00 bits per heavy atom. The van der Waals surface area contributed by atoms with E-state index in [0.29, 0.717) is 30.8 Å². The number of carbonyl (C=O) groups is 2. The van der Waals surface area contributed by atoms with Gasteiger partial charge in [0, 0.05) is 39.3 Å². The van der Waals surface area contributed by atoms with Crippen LogP contribution >= 0.6 is 0 Å². The van der Waals surface area contributed by atoms with Crippen LogP contribution in [0.2, 0.25) is 0 Å². The molecule has 0 aromatic carbocycles. The minimum Gasteiger partial charge on any atom is -0.372 e. The number of likely N-dealkylation sites (tertiary alicyclic amines) is 1. The predicted octanol–water partition coefficient (Wildman–Crippen LogP) is 0.474. The minimum atomic E-state index is -0.162. The molecule has 0 spiro atoms. The molecule has 1 unspecified atom stereocenters. The van der Waals surface area contributed by atoms with Gasteiger partial charge in [-0.15, -0.1) is 0 Å². The zero-order valence-electron chi connectivity index (χ0n) is 11.1. The molecular weight excluding hydrogens is 244 g/mol. The highest BCUT2D eigenvalue weighted by atomic mass is 16.2. The van der Waals surface area contributed by atoms with Gasteiger partial charge in [0.15, 0.2) is 0 Å². The second-order valence-electron chi connectivity index (χ2n) is 4.63. The Morgan fingerprint density at radius 2 is 2.32 bits per heavy atom. The van der Waals surface area contributed by atoms with Gasteiger partial charge in [-0.3, -0.25) is 9.59 Å². The molecule has 0 radical (unpaired) electrons. The molecule has 0 bridgehead atoms. The molecule has 6 nitrogen and oxygen atoms in total. The van der Waals surface area contributed by atoms with Gasteiger partial charge in [0.25, 0.3) is 5.91 Å². The summed E-state index contributed by atoms with van der Waals surface area (Å²) in [6.07, 6.45) is 2.80. The van der Waals surface area contributed by atoms with Crippen LogP contribution in [0.5, 0.6) is 0 Å². The molecule has 1 fully saturated rings. The van der Waals surface area contributed by atoms with Crippen LogP contribution < -0.4 is 10.6 Å². The molecule has 1 aromatic rings. The second kappa shape index (κ2) is 5.69. The molecule has 2 N–H and O–H groups in total. The molecule has 1 atom stereocenters. The second-order valence-corrected chi connectivity index (χ2v) is 4.63. The van der Waals surface area contributed by atoms with Gasteiger partial charge in [0.2, 0.25) is 5.91 Å². The fourth-order valence-corrected chi connectivity index (χ4v) is 2.18. The van der Waals surface area contributed by atoms with Crippen LogP contribution in [-0.2, 0) is 4.79 Å². The van der Waals surface area contributed by atoms with Crippen LogP contribution in [0.4, 0.5) is 5.82 Å². The van der Waals surface area contributed by atoms with Crippen molar-refractivity contribution in [3.8, 4) is 0 Å². The lowest BCUT2D eigenvalue weighted by Crippen LogP contribution is -2.48. The van der Waals surface area contributed by atoms with Crippen molar-refractivity contribution >= 4 is 17.6 Å². The summed E-state index contributed by atoms with van der Waals surface area (Å²) < 4.78 is 0. The lowest BCUT2D eigenvalue weighted by atomic mass is 10.1. The van der Waals surface area contributed by atoms with E-state index in [9.17, 15) is 9.59 Å². The number of likely N-dealkylation sites (N-methyl/N-ethyl adjacent to an activating group) is 1. The molecule has 1 aliphatic rings. The Balaban J connectivity index is 2.03. The van der Waals surface area contributed by atoms with Crippen molar-refractivity contribution in [1.29, 1.82) is 0 Å². The zero-order valence-corrected chi connectivity index (χ0v) is 11.1. The van der Waals surface area contributed by atoms with Gasteiger partial charge in [-0.1, -0.05) is 0 Å². The molecule has 1 aromatic heterocycles. The van der Waals surface area contributed by atoms with Gasteiger partial charge < -0.3 is 15.5 Å². The van der Waals surface area contributed by atoms with Crippen molar-refractivity contribution in [3.05, 3.63) is 23.9 Å². The van der Waals surface area contributed by atoms with Gasteiger partial charge in [-0.25, -0.2) is 4.98 Å². The number of amides is 2. The molecule has 0 aliphatic carbocycles.